The standard InChI is InChI=1S/C36H49NO12/c1-23(38)37-29-32-30(27(46-34(29)40-5)20-42-18-24-10-7-6-8-11-24)44-22-36(45-19-25-12-14-26(39-4)15-13-25)33-31(48-35(2,3)49-33)28(47-36)21-41-16-9-17-43-32/h6-8,10-15,27-34H,9,16-22H2,1-5H3,(H,37,38). The van der Waals surface area contributed by atoms with Crippen LogP contribution in [0.2, 0.25) is 0 Å². The minimum atomic E-state index is -1.40. The second-order valence-electron chi connectivity index (χ2n) is 13.2. The van der Waals surface area contributed by atoms with Crippen LogP contribution in [0.25, 0.3) is 0 Å². The van der Waals surface area contributed by atoms with Crippen LogP contribution >= 0.6 is 0 Å². The zero-order chi connectivity index (χ0) is 34.4. The number of nitrogens with one attached hydrogen (secondary N) is 1. The SMILES string of the molecule is COc1ccc(COC23COC4C(COCc5ccccc5)OC(OC)C(NC(C)=O)C4OCCCOCC(O2)C2OC(C)(C)OC23)cc1. The number of rotatable bonds is 10. The molecular weight excluding hydrogens is 638 g/mol. The Labute approximate surface area is 287 Å². The van der Waals surface area contributed by atoms with Gasteiger partial charge in [-0.3, -0.25) is 4.79 Å². The lowest BCUT2D eigenvalue weighted by atomic mass is 9.95. The molecule has 4 heterocycles. The van der Waals surface area contributed by atoms with Crippen LogP contribution < -0.4 is 10.1 Å². The first-order valence-electron chi connectivity index (χ1n) is 16.9. The van der Waals surface area contributed by atoms with Gasteiger partial charge in [-0.25, -0.2) is 0 Å². The molecule has 2 bridgehead atoms. The van der Waals surface area contributed by atoms with Crippen molar-refractivity contribution in [2.75, 3.05) is 47.3 Å². The highest BCUT2D eigenvalue weighted by Gasteiger charge is 2.65. The Morgan fingerprint density at radius 3 is 2.41 bits per heavy atom. The molecule has 270 valence electrons. The molecule has 1 N–H and O–H groups in total. The number of benzene rings is 2. The molecule has 0 aliphatic carbocycles. The van der Waals surface area contributed by atoms with Gasteiger partial charge in [0.15, 0.2) is 12.1 Å². The van der Waals surface area contributed by atoms with Crippen molar-refractivity contribution < 1.29 is 56.9 Å². The van der Waals surface area contributed by atoms with Gasteiger partial charge in [-0.05, 0) is 43.5 Å². The lowest BCUT2D eigenvalue weighted by Gasteiger charge is -2.46. The third kappa shape index (κ3) is 8.62. The van der Waals surface area contributed by atoms with Crippen LogP contribution in [0.1, 0.15) is 38.3 Å². The van der Waals surface area contributed by atoms with E-state index < -0.39 is 60.5 Å². The number of hydrogen-bond donors (Lipinski definition) is 1. The van der Waals surface area contributed by atoms with E-state index in [1.165, 1.54) is 14.0 Å². The predicted molar refractivity (Wildman–Crippen MR) is 174 cm³/mol. The lowest BCUT2D eigenvalue weighted by molar-refractivity contribution is -0.334. The fourth-order valence-electron chi connectivity index (χ4n) is 6.81. The summed E-state index contributed by atoms with van der Waals surface area (Å²) >= 11 is 0. The van der Waals surface area contributed by atoms with Crippen LogP contribution in [0.4, 0.5) is 0 Å². The van der Waals surface area contributed by atoms with Crippen molar-refractivity contribution in [3.05, 3.63) is 65.7 Å². The highest BCUT2D eigenvalue weighted by atomic mass is 16.8. The summed E-state index contributed by atoms with van der Waals surface area (Å²) in [5, 5.41) is 2.97. The minimum absolute atomic E-state index is 0.0756. The highest BCUT2D eigenvalue weighted by molar-refractivity contribution is 5.73. The van der Waals surface area contributed by atoms with E-state index in [4.69, 9.17) is 52.1 Å². The van der Waals surface area contributed by atoms with Gasteiger partial charge >= 0.3 is 0 Å². The van der Waals surface area contributed by atoms with Crippen LogP contribution in [-0.4, -0.2) is 114 Å². The monoisotopic (exact) mass is 687 g/mol. The molecule has 9 unspecified atom stereocenters. The number of fused-ring (bicyclic) bond motifs is 6. The van der Waals surface area contributed by atoms with Crippen molar-refractivity contribution >= 4 is 5.91 Å². The zero-order valence-electron chi connectivity index (χ0n) is 28.9. The van der Waals surface area contributed by atoms with Crippen molar-refractivity contribution in [3.8, 4) is 5.75 Å². The normalized spacial score (nSPS) is 34.5. The van der Waals surface area contributed by atoms with Crippen LogP contribution in [-0.2, 0) is 65.4 Å². The van der Waals surface area contributed by atoms with E-state index in [9.17, 15) is 4.79 Å². The number of carbonyl (C=O) groups excluding carboxylic acids is 1. The second-order valence-corrected chi connectivity index (χ2v) is 13.2. The summed E-state index contributed by atoms with van der Waals surface area (Å²) in [5.41, 5.74) is 1.92. The largest absolute Gasteiger partial charge is 0.497 e. The number of amides is 1. The molecule has 0 aromatic heterocycles. The van der Waals surface area contributed by atoms with E-state index in [0.29, 0.717) is 26.2 Å². The molecular formula is C36H49NO12. The van der Waals surface area contributed by atoms with Gasteiger partial charge in [0.1, 0.15) is 55.0 Å². The third-order valence-corrected chi connectivity index (χ3v) is 9.07. The number of hydrogen-bond acceptors (Lipinski definition) is 12. The first kappa shape index (κ1) is 36.1. The van der Waals surface area contributed by atoms with Crippen LogP contribution in [0.15, 0.2) is 54.6 Å². The molecule has 13 nitrogen and oxygen atoms in total. The molecule has 4 aliphatic rings. The summed E-state index contributed by atoms with van der Waals surface area (Å²) in [4.78, 5) is 12.4. The molecule has 4 aliphatic heterocycles. The van der Waals surface area contributed by atoms with E-state index in [1.807, 2.05) is 68.4 Å². The van der Waals surface area contributed by atoms with E-state index in [1.54, 1.807) is 7.11 Å². The second kappa shape index (κ2) is 16.1. The van der Waals surface area contributed by atoms with Gasteiger partial charge in [0.25, 0.3) is 0 Å². The average molecular weight is 688 g/mol. The molecule has 4 saturated heterocycles. The Kier molecular flexibility index (Phi) is 11.9. The smallest absolute Gasteiger partial charge is 0.222 e. The molecule has 2 aromatic rings. The molecule has 4 fully saturated rings. The van der Waals surface area contributed by atoms with Gasteiger partial charge in [-0.15, -0.1) is 0 Å². The van der Waals surface area contributed by atoms with Gasteiger partial charge < -0.3 is 57.4 Å². The van der Waals surface area contributed by atoms with E-state index in [2.05, 4.69) is 5.32 Å². The molecule has 2 aromatic carbocycles. The Bertz CT molecular complexity index is 1350. The first-order valence-corrected chi connectivity index (χ1v) is 16.9. The summed E-state index contributed by atoms with van der Waals surface area (Å²) in [6.07, 6.45) is -3.90. The fraction of sp³-hybridized carbons (Fsp3) is 0.639. The van der Waals surface area contributed by atoms with Crippen molar-refractivity contribution in [3.63, 3.8) is 0 Å². The molecule has 0 spiro atoms. The first-order chi connectivity index (χ1) is 23.7. The third-order valence-electron chi connectivity index (χ3n) is 9.07. The highest BCUT2D eigenvalue weighted by Crippen LogP contribution is 2.46. The Morgan fingerprint density at radius 2 is 1.67 bits per heavy atom. The van der Waals surface area contributed by atoms with Gasteiger partial charge in [0.2, 0.25) is 11.7 Å². The molecule has 9 atom stereocenters. The van der Waals surface area contributed by atoms with E-state index in [0.717, 1.165) is 16.9 Å². The Morgan fingerprint density at radius 1 is 0.898 bits per heavy atom. The summed E-state index contributed by atoms with van der Waals surface area (Å²) in [6.45, 7) is 6.86. The van der Waals surface area contributed by atoms with Crippen molar-refractivity contribution in [2.24, 2.45) is 0 Å². The Balaban J connectivity index is 1.31. The van der Waals surface area contributed by atoms with E-state index in [-0.39, 0.29) is 32.3 Å². The van der Waals surface area contributed by atoms with Crippen LogP contribution in [0.3, 0.4) is 0 Å². The maximum Gasteiger partial charge on any atom is 0.222 e. The summed E-state index contributed by atoms with van der Waals surface area (Å²) in [5.74, 6) is -1.81. The van der Waals surface area contributed by atoms with Crippen molar-refractivity contribution in [1.82, 2.24) is 5.32 Å². The number of ether oxygens (including phenoxy) is 11. The van der Waals surface area contributed by atoms with Gasteiger partial charge in [-0.1, -0.05) is 42.5 Å². The van der Waals surface area contributed by atoms with Gasteiger partial charge in [0, 0.05) is 27.2 Å². The fourth-order valence-corrected chi connectivity index (χ4v) is 6.81. The van der Waals surface area contributed by atoms with Crippen LogP contribution in [0.5, 0.6) is 5.75 Å². The average Bonchev–Trinajstić information content (AvgIpc) is 3.57. The van der Waals surface area contributed by atoms with Gasteiger partial charge in [-0.2, -0.15) is 0 Å². The quantitative estimate of drug-likeness (QED) is 0.394. The topological polar surface area (TPSA) is 131 Å². The maximum atomic E-state index is 12.4. The predicted octanol–water partition coefficient (Wildman–Crippen LogP) is 3.11. The molecule has 1 amide bonds. The van der Waals surface area contributed by atoms with Crippen LogP contribution in [0, 0.1) is 0 Å². The zero-order valence-corrected chi connectivity index (χ0v) is 28.9. The molecule has 13 heteroatoms. The van der Waals surface area contributed by atoms with Crippen molar-refractivity contribution in [1.29, 1.82) is 0 Å². The summed E-state index contributed by atoms with van der Waals surface area (Å²) < 4.78 is 69.4. The van der Waals surface area contributed by atoms with E-state index >= 15 is 0 Å². The number of methoxy groups -OCH3 is 2. The summed E-state index contributed by atoms with van der Waals surface area (Å²) in [6, 6.07) is 16.8. The molecule has 0 saturated carbocycles. The molecule has 49 heavy (non-hydrogen) atoms. The minimum Gasteiger partial charge on any atom is -0.497 e. The molecule has 6 rings (SSSR count). The van der Waals surface area contributed by atoms with Crippen molar-refractivity contribution in [2.45, 2.75) is 101 Å². The molecule has 0 radical (unpaired) electrons. The van der Waals surface area contributed by atoms with Gasteiger partial charge in [0.05, 0.1) is 33.5 Å². The maximum absolute atomic E-state index is 12.4. The summed E-state index contributed by atoms with van der Waals surface area (Å²) in [7, 11) is 3.16. The number of carbonyl (C=O) groups is 1. The Hall–Kier alpha value is -2.69. The lowest BCUT2D eigenvalue weighted by Crippen LogP contribution is -2.66.